The van der Waals surface area contributed by atoms with E-state index in [0.29, 0.717) is 24.4 Å². The van der Waals surface area contributed by atoms with Gasteiger partial charge in [-0.1, -0.05) is 6.07 Å². The van der Waals surface area contributed by atoms with Gasteiger partial charge >= 0.3 is 0 Å². The Hall–Kier alpha value is -1.40. The van der Waals surface area contributed by atoms with Gasteiger partial charge in [-0.05, 0) is 56.4 Å². The lowest BCUT2D eigenvalue weighted by molar-refractivity contribution is -0.134. The first kappa shape index (κ1) is 17.4. The van der Waals surface area contributed by atoms with E-state index in [9.17, 15) is 13.2 Å². The lowest BCUT2D eigenvalue weighted by Gasteiger charge is -2.24. The van der Waals surface area contributed by atoms with Gasteiger partial charge in [0.25, 0.3) is 0 Å². The summed E-state index contributed by atoms with van der Waals surface area (Å²) in [5.41, 5.74) is 2.24. The summed E-state index contributed by atoms with van der Waals surface area (Å²) < 4.78 is 23.5. The van der Waals surface area contributed by atoms with Gasteiger partial charge in [0, 0.05) is 31.4 Å². The summed E-state index contributed by atoms with van der Waals surface area (Å²) in [4.78, 5) is 15.1. The van der Waals surface area contributed by atoms with Crippen molar-refractivity contribution < 1.29 is 13.2 Å². The second-order valence-corrected chi connectivity index (χ2v) is 9.71. The summed E-state index contributed by atoms with van der Waals surface area (Å²) in [5.74, 6) is 0.275. The molecule has 1 atom stereocenters. The van der Waals surface area contributed by atoms with Crippen molar-refractivity contribution in [3.63, 3.8) is 0 Å². The average molecular weight is 350 g/mol. The van der Waals surface area contributed by atoms with E-state index in [-0.39, 0.29) is 17.4 Å². The molecule has 0 aliphatic carbocycles. The van der Waals surface area contributed by atoms with Crippen LogP contribution in [0.1, 0.15) is 31.4 Å². The van der Waals surface area contributed by atoms with Crippen LogP contribution >= 0.6 is 0 Å². The summed E-state index contributed by atoms with van der Waals surface area (Å²) in [6.45, 7) is 6.38. The third kappa shape index (κ3) is 3.64. The zero-order valence-electron chi connectivity index (χ0n) is 14.6. The molecule has 1 amide bonds. The third-order valence-electron chi connectivity index (χ3n) is 5.15. The van der Waals surface area contributed by atoms with Crippen molar-refractivity contribution in [1.29, 1.82) is 0 Å². The van der Waals surface area contributed by atoms with Crippen LogP contribution in [-0.4, -0.2) is 50.7 Å². The first-order valence-corrected chi connectivity index (χ1v) is 10.4. The third-order valence-corrected chi connectivity index (χ3v) is 6.26. The molecule has 0 radical (unpaired) electrons. The quantitative estimate of drug-likeness (QED) is 0.876. The molecular formula is C18H26N2O3S. The average Bonchev–Trinajstić information content (AvgIpc) is 2.74. The Balaban J connectivity index is 1.73. The topological polar surface area (TPSA) is 66.5 Å². The van der Waals surface area contributed by atoms with Crippen LogP contribution in [0.15, 0.2) is 23.1 Å². The molecule has 1 N–H and O–H groups in total. The molecule has 132 valence electrons. The van der Waals surface area contributed by atoms with Crippen LogP contribution in [0.5, 0.6) is 0 Å². The van der Waals surface area contributed by atoms with Crippen LogP contribution in [0.25, 0.3) is 0 Å². The fourth-order valence-corrected chi connectivity index (χ4v) is 4.42. The van der Waals surface area contributed by atoms with Gasteiger partial charge in [-0.2, -0.15) is 0 Å². The molecule has 0 saturated carbocycles. The van der Waals surface area contributed by atoms with Crippen LogP contribution in [0.2, 0.25) is 0 Å². The van der Waals surface area contributed by atoms with E-state index in [1.807, 2.05) is 11.0 Å². The number of benzene rings is 1. The van der Waals surface area contributed by atoms with Gasteiger partial charge in [0.15, 0.2) is 9.84 Å². The van der Waals surface area contributed by atoms with Crippen molar-refractivity contribution in [3.8, 4) is 0 Å². The summed E-state index contributed by atoms with van der Waals surface area (Å²) in [6.07, 6.45) is 3.60. The standard InChI is InChI=1S/C18H26N2O3S/c1-18(2)11-15(12-19-18)17(21)20-8-6-13-4-5-16(24(3,22)23)10-14(13)7-9-20/h4-5,10,15,19H,6-9,11-12H2,1-3H3. The van der Waals surface area contributed by atoms with Crippen molar-refractivity contribution >= 4 is 15.7 Å². The highest BCUT2D eigenvalue weighted by atomic mass is 32.2. The van der Waals surface area contributed by atoms with E-state index < -0.39 is 9.84 Å². The first-order chi connectivity index (χ1) is 11.2. The SMILES string of the molecule is CC1(C)CC(C(=O)N2CCc3ccc(S(C)(=O)=O)cc3CC2)CN1. The first-order valence-electron chi connectivity index (χ1n) is 8.51. The summed E-state index contributed by atoms with van der Waals surface area (Å²) in [7, 11) is -3.19. The van der Waals surface area contributed by atoms with Gasteiger partial charge in [0.2, 0.25) is 5.91 Å². The number of nitrogens with zero attached hydrogens (tertiary/aromatic N) is 1. The summed E-state index contributed by atoms with van der Waals surface area (Å²) in [5, 5.41) is 3.41. The largest absolute Gasteiger partial charge is 0.342 e. The number of rotatable bonds is 2. The molecule has 2 aliphatic heterocycles. The van der Waals surface area contributed by atoms with E-state index >= 15 is 0 Å². The summed E-state index contributed by atoms with van der Waals surface area (Å²) in [6, 6.07) is 5.36. The maximum absolute atomic E-state index is 12.8. The fraction of sp³-hybridized carbons (Fsp3) is 0.611. The zero-order chi connectivity index (χ0) is 17.5. The van der Waals surface area contributed by atoms with E-state index in [1.165, 1.54) is 6.26 Å². The number of carbonyl (C=O) groups is 1. The second kappa shape index (κ2) is 6.15. The molecule has 24 heavy (non-hydrogen) atoms. The second-order valence-electron chi connectivity index (χ2n) is 7.69. The van der Waals surface area contributed by atoms with Crippen molar-refractivity contribution in [2.45, 2.75) is 43.5 Å². The maximum Gasteiger partial charge on any atom is 0.227 e. The van der Waals surface area contributed by atoms with Crippen molar-refractivity contribution in [1.82, 2.24) is 10.2 Å². The number of amides is 1. The van der Waals surface area contributed by atoms with E-state index in [1.54, 1.807) is 12.1 Å². The Morgan fingerprint density at radius 1 is 1.21 bits per heavy atom. The Bertz CT molecular complexity index is 756. The predicted molar refractivity (Wildman–Crippen MR) is 93.7 cm³/mol. The fourth-order valence-electron chi connectivity index (χ4n) is 3.75. The smallest absolute Gasteiger partial charge is 0.227 e. The van der Waals surface area contributed by atoms with Crippen molar-refractivity contribution in [2.24, 2.45) is 5.92 Å². The molecule has 6 heteroatoms. The van der Waals surface area contributed by atoms with Crippen molar-refractivity contribution in [2.75, 3.05) is 25.9 Å². The number of nitrogens with one attached hydrogen (secondary N) is 1. The number of fused-ring (bicyclic) bond motifs is 1. The molecule has 0 bridgehead atoms. The molecule has 5 nitrogen and oxygen atoms in total. The van der Waals surface area contributed by atoms with Crippen LogP contribution < -0.4 is 5.32 Å². The summed E-state index contributed by atoms with van der Waals surface area (Å²) >= 11 is 0. The van der Waals surface area contributed by atoms with Crippen LogP contribution in [0.4, 0.5) is 0 Å². The van der Waals surface area contributed by atoms with Gasteiger partial charge < -0.3 is 10.2 Å². The normalized spacial score (nSPS) is 23.6. The predicted octanol–water partition coefficient (Wildman–Crippen LogP) is 1.41. The maximum atomic E-state index is 12.8. The number of sulfone groups is 1. The van der Waals surface area contributed by atoms with Gasteiger partial charge in [-0.25, -0.2) is 8.42 Å². The van der Waals surface area contributed by atoms with Crippen LogP contribution in [0, 0.1) is 5.92 Å². The van der Waals surface area contributed by atoms with E-state index in [4.69, 9.17) is 0 Å². The Labute approximate surface area is 144 Å². The molecule has 0 spiro atoms. The highest BCUT2D eigenvalue weighted by Gasteiger charge is 2.36. The Morgan fingerprint density at radius 2 is 1.88 bits per heavy atom. The van der Waals surface area contributed by atoms with Crippen molar-refractivity contribution in [3.05, 3.63) is 29.3 Å². The van der Waals surface area contributed by atoms with Gasteiger partial charge in [-0.3, -0.25) is 4.79 Å². The molecule has 3 rings (SSSR count). The molecular weight excluding hydrogens is 324 g/mol. The molecule has 2 heterocycles. The molecule has 1 fully saturated rings. The Morgan fingerprint density at radius 3 is 2.46 bits per heavy atom. The minimum Gasteiger partial charge on any atom is -0.342 e. The van der Waals surface area contributed by atoms with Crippen LogP contribution in [-0.2, 0) is 27.5 Å². The minimum atomic E-state index is -3.19. The number of hydrogen-bond acceptors (Lipinski definition) is 4. The number of hydrogen-bond donors (Lipinski definition) is 1. The Kier molecular flexibility index (Phi) is 4.47. The molecule has 1 unspecified atom stereocenters. The van der Waals surface area contributed by atoms with E-state index in [2.05, 4.69) is 19.2 Å². The molecule has 1 aromatic carbocycles. The molecule has 2 aliphatic rings. The molecule has 0 aromatic heterocycles. The monoisotopic (exact) mass is 350 g/mol. The molecule has 1 aromatic rings. The minimum absolute atomic E-state index is 0.0273. The number of carbonyl (C=O) groups excluding carboxylic acids is 1. The van der Waals surface area contributed by atoms with Crippen LogP contribution in [0.3, 0.4) is 0 Å². The van der Waals surface area contributed by atoms with Gasteiger partial charge in [-0.15, -0.1) is 0 Å². The zero-order valence-corrected chi connectivity index (χ0v) is 15.4. The highest BCUT2D eigenvalue weighted by Crippen LogP contribution is 2.26. The highest BCUT2D eigenvalue weighted by molar-refractivity contribution is 7.90. The lowest BCUT2D eigenvalue weighted by atomic mass is 9.96. The lowest BCUT2D eigenvalue weighted by Crippen LogP contribution is -2.38. The molecule has 1 saturated heterocycles. The van der Waals surface area contributed by atoms with Gasteiger partial charge in [0.1, 0.15) is 0 Å². The van der Waals surface area contributed by atoms with Gasteiger partial charge in [0.05, 0.1) is 10.8 Å². The van der Waals surface area contributed by atoms with E-state index in [0.717, 1.165) is 30.5 Å².